The molecule has 0 aliphatic carbocycles. The van der Waals surface area contributed by atoms with Crippen LogP contribution >= 0.6 is 15.9 Å². The lowest BCUT2D eigenvalue weighted by Gasteiger charge is -2.32. The number of rotatable bonds is 6. The van der Waals surface area contributed by atoms with Crippen LogP contribution in [0.4, 0.5) is 4.39 Å². The van der Waals surface area contributed by atoms with Crippen LogP contribution in [0.15, 0.2) is 22.7 Å². The highest BCUT2D eigenvalue weighted by molar-refractivity contribution is 9.10. The van der Waals surface area contributed by atoms with Crippen LogP contribution < -0.4 is 0 Å². The minimum Gasteiger partial charge on any atom is -0.390 e. The van der Waals surface area contributed by atoms with Gasteiger partial charge in [-0.15, -0.1) is 0 Å². The first kappa shape index (κ1) is 16.6. The molecule has 0 fully saturated rings. The molecule has 0 spiro atoms. The van der Waals surface area contributed by atoms with Crippen LogP contribution in [0.2, 0.25) is 0 Å². The van der Waals surface area contributed by atoms with Crippen molar-refractivity contribution >= 4 is 15.9 Å². The second kappa shape index (κ2) is 6.85. The summed E-state index contributed by atoms with van der Waals surface area (Å²) in [6, 6.07) is 4.97. The molecule has 0 aromatic heterocycles. The van der Waals surface area contributed by atoms with Crippen molar-refractivity contribution in [2.24, 2.45) is 11.8 Å². The highest BCUT2D eigenvalue weighted by Gasteiger charge is 2.29. The second-order valence-corrected chi connectivity index (χ2v) is 7.20. The molecule has 108 valence electrons. The summed E-state index contributed by atoms with van der Waals surface area (Å²) < 4.78 is 13.7. The molecule has 0 radical (unpaired) electrons. The minimum absolute atomic E-state index is 0.264. The summed E-state index contributed by atoms with van der Waals surface area (Å²) >= 11 is 3.20. The summed E-state index contributed by atoms with van der Waals surface area (Å²) in [5.41, 5.74) is 0.261. The van der Waals surface area contributed by atoms with Crippen LogP contribution in [0.1, 0.15) is 46.1 Å². The molecule has 0 bridgehead atoms. The first-order valence-electron chi connectivity index (χ1n) is 6.88. The van der Waals surface area contributed by atoms with E-state index in [9.17, 15) is 9.50 Å². The summed E-state index contributed by atoms with van der Waals surface area (Å²) in [4.78, 5) is 0. The van der Waals surface area contributed by atoms with Crippen molar-refractivity contribution in [2.75, 3.05) is 0 Å². The molecule has 3 heteroatoms. The summed E-state index contributed by atoms with van der Waals surface area (Å²) in [5.74, 6) is 0.611. The molecule has 1 nitrogen and oxygen atoms in total. The van der Waals surface area contributed by atoms with E-state index in [0.717, 1.165) is 18.4 Å². The fourth-order valence-electron chi connectivity index (χ4n) is 2.78. The predicted molar refractivity (Wildman–Crippen MR) is 81.7 cm³/mol. The highest BCUT2D eigenvalue weighted by Crippen LogP contribution is 2.30. The van der Waals surface area contributed by atoms with Gasteiger partial charge in [-0.1, -0.05) is 33.8 Å². The molecule has 0 saturated heterocycles. The maximum absolute atomic E-state index is 13.2. The number of aliphatic hydroxyl groups is 1. The zero-order valence-corrected chi connectivity index (χ0v) is 13.8. The molecular weight excluding hydrogens is 307 g/mol. The van der Waals surface area contributed by atoms with Gasteiger partial charge in [0.25, 0.3) is 0 Å². The van der Waals surface area contributed by atoms with Crippen molar-refractivity contribution in [3.8, 4) is 0 Å². The summed E-state index contributed by atoms with van der Waals surface area (Å²) in [6.45, 7) is 8.47. The monoisotopic (exact) mass is 330 g/mol. The van der Waals surface area contributed by atoms with Crippen molar-refractivity contribution in [1.29, 1.82) is 0 Å². The Kier molecular flexibility index (Phi) is 6.00. The van der Waals surface area contributed by atoms with Gasteiger partial charge in [0.15, 0.2) is 0 Å². The molecule has 1 rings (SSSR count). The number of benzene rings is 1. The molecular formula is C16H24BrFO. The molecule has 0 amide bonds. The highest BCUT2D eigenvalue weighted by atomic mass is 79.9. The largest absolute Gasteiger partial charge is 0.390 e. The Labute approximate surface area is 124 Å². The lowest BCUT2D eigenvalue weighted by Crippen LogP contribution is -2.34. The first-order chi connectivity index (χ1) is 8.72. The summed E-state index contributed by atoms with van der Waals surface area (Å²) in [6.07, 6.45) is 2.10. The minimum atomic E-state index is -0.709. The Morgan fingerprint density at radius 3 is 2.11 bits per heavy atom. The van der Waals surface area contributed by atoms with Gasteiger partial charge < -0.3 is 5.11 Å². The van der Waals surface area contributed by atoms with Crippen LogP contribution in [0.25, 0.3) is 0 Å². The third kappa shape index (κ3) is 5.62. The molecule has 0 aliphatic heterocycles. The van der Waals surface area contributed by atoms with Gasteiger partial charge in [0.2, 0.25) is 0 Å². The zero-order chi connectivity index (χ0) is 14.6. The molecule has 0 unspecified atom stereocenters. The van der Waals surface area contributed by atoms with Crippen LogP contribution in [0, 0.1) is 17.7 Å². The van der Waals surface area contributed by atoms with E-state index in [2.05, 4.69) is 43.6 Å². The number of hydrogen-bond acceptors (Lipinski definition) is 1. The van der Waals surface area contributed by atoms with Gasteiger partial charge in [-0.2, -0.15) is 0 Å². The van der Waals surface area contributed by atoms with Crippen molar-refractivity contribution < 1.29 is 9.50 Å². The van der Waals surface area contributed by atoms with Gasteiger partial charge in [0, 0.05) is 6.42 Å². The van der Waals surface area contributed by atoms with E-state index in [-0.39, 0.29) is 5.82 Å². The van der Waals surface area contributed by atoms with Crippen molar-refractivity contribution in [3.05, 3.63) is 34.1 Å². The number of halogens is 2. The Hall–Kier alpha value is -0.410. The second-order valence-electron chi connectivity index (χ2n) is 6.35. The van der Waals surface area contributed by atoms with Crippen molar-refractivity contribution in [1.82, 2.24) is 0 Å². The average molecular weight is 331 g/mol. The van der Waals surface area contributed by atoms with E-state index in [1.807, 2.05) is 0 Å². The summed E-state index contributed by atoms with van der Waals surface area (Å²) in [7, 11) is 0. The van der Waals surface area contributed by atoms with E-state index in [1.54, 1.807) is 12.1 Å². The smallest absolute Gasteiger partial charge is 0.137 e. The Balaban J connectivity index is 2.89. The molecule has 1 N–H and O–H groups in total. The molecule has 0 aliphatic rings. The van der Waals surface area contributed by atoms with Gasteiger partial charge in [-0.25, -0.2) is 4.39 Å². The molecule has 1 aromatic carbocycles. The normalized spacial score (nSPS) is 12.5. The van der Waals surface area contributed by atoms with Gasteiger partial charge >= 0.3 is 0 Å². The average Bonchev–Trinajstić information content (AvgIpc) is 2.20. The van der Waals surface area contributed by atoms with E-state index in [1.165, 1.54) is 6.07 Å². The van der Waals surface area contributed by atoms with E-state index in [0.29, 0.717) is 22.7 Å². The van der Waals surface area contributed by atoms with Crippen LogP contribution in [-0.2, 0) is 6.42 Å². The van der Waals surface area contributed by atoms with Crippen LogP contribution in [0.5, 0.6) is 0 Å². The third-order valence-corrected chi connectivity index (χ3v) is 3.70. The number of hydrogen-bond donors (Lipinski definition) is 1. The maximum atomic E-state index is 13.2. The lowest BCUT2D eigenvalue weighted by atomic mass is 9.80. The van der Waals surface area contributed by atoms with Crippen molar-refractivity contribution in [2.45, 2.75) is 52.6 Å². The molecule has 1 aromatic rings. The first-order valence-corrected chi connectivity index (χ1v) is 7.67. The fourth-order valence-corrected chi connectivity index (χ4v) is 3.20. The molecule has 0 heterocycles. The van der Waals surface area contributed by atoms with Gasteiger partial charge in [0.05, 0.1) is 10.1 Å². The SMILES string of the molecule is CC(C)CC(O)(Cc1ccc(F)c(Br)c1)CC(C)C. The predicted octanol–water partition coefficient (Wildman–Crippen LogP) is 4.95. The molecule has 19 heavy (non-hydrogen) atoms. The summed E-state index contributed by atoms with van der Waals surface area (Å²) in [5, 5.41) is 10.9. The van der Waals surface area contributed by atoms with Crippen molar-refractivity contribution in [3.63, 3.8) is 0 Å². The van der Waals surface area contributed by atoms with E-state index >= 15 is 0 Å². The Morgan fingerprint density at radius 2 is 1.68 bits per heavy atom. The van der Waals surface area contributed by atoms with Gasteiger partial charge in [-0.05, 0) is 58.3 Å². The Morgan fingerprint density at radius 1 is 1.16 bits per heavy atom. The van der Waals surface area contributed by atoms with Gasteiger partial charge in [-0.3, -0.25) is 0 Å². The van der Waals surface area contributed by atoms with E-state index < -0.39 is 5.60 Å². The standard InChI is InChI=1S/C16H24BrFO/c1-11(2)8-16(19,9-12(3)4)10-13-5-6-15(18)14(17)7-13/h5-7,11-12,19H,8-10H2,1-4H3. The molecule has 0 saturated carbocycles. The maximum Gasteiger partial charge on any atom is 0.137 e. The topological polar surface area (TPSA) is 20.2 Å². The zero-order valence-electron chi connectivity index (χ0n) is 12.2. The lowest BCUT2D eigenvalue weighted by molar-refractivity contribution is 0.000719. The fraction of sp³-hybridized carbons (Fsp3) is 0.625. The molecule has 0 atom stereocenters. The Bertz CT molecular complexity index is 405. The van der Waals surface area contributed by atoms with Crippen LogP contribution in [0.3, 0.4) is 0 Å². The van der Waals surface area contributed by atoms with E-state index in [4.69, 9.17) is 0 Å². The van der Waals surface area contributed by atoms with Gasteiger partial charge in [0.1, 0.15) is 5.82 Å². The quantitative estimate of drug-likeness (QED) is 0.782. The van der Waals surface area contributed by atoms with Crippen LogP contribution in [-0.4, -0.2) is 10.7 Å². The third-order valence-electron chi connectivity index (χ3n) is 3.09.